The number of hydrogen-bond donors (Lipinski definition) is 1. The molecule has 0 fully saturated rings. The number of hydrogen-bond acceptors (Lipinski definition) is 2. The average molecular weight is 205 g/mol. The third-order valence-electron chi connectivity index (χ3n) is 2.40. The van der Waals surface area contributed by atoms with Gasteiger partial charge >= 0.3 is 0 Å². The predicted molar refractivity (Wildman–Crippen MR) is 62.9 cm³/mol. The molecule has 1 aromatic rings. The van der Waals surface area contributed by atoms with Crippen molar-refractivity contribution in [3.05, 3.63) is 35.4 Å². The fourth-order valence-corrected chi connectivity index (χ4v) is 1.55. The predicted octanol–water partition coefficient (Wildman–Crippen LogP) is 2.55. The highest BCUT2D eigenvalue weighted by atomic mass is 16.1. The lowest BCUT2D eigenvalue weighted by atomic mass is 9.96. The van der Waals surface area contributed by atoms with Gasteiger partial charge in [0, 0.05) is 5.56 Å². The monoisotopic (exact) mass is 205 g/mol. The van der Waals surface area contributed by atoms with E-state index >= 15 is 0 Å². The molecule has 0 saturated carbocycles. The van der Waals surface area contributed by atoms with Crippen molar-refractivity contribution in [2.75, 3.05) is 0 Å². The molecule has 1 aromatic carbocycles. The van der Waals surface area contributed by atoms with Gasteiger partial charge in [-0.15, -0.1) is 0 Å². The normalized spacial score (nSPS) is 12.9. The summed E-state index contributed by atoms with van der Waals surface area (Å²) in [6.45, 7) is 6.15. The smallest absolute Gasteiger partial charge is 0.179 e. The number of carbonyl (C=O) groups excluding carboxylic acids is 1. The van der Waals surface area contributed by atoms with Crippen LogP contribution in [0, 0.1) is 12.8 Å². The summed E-state index contributed by atoms with van der Waals surface area (Å²) in [5.74, 6) is 0.498. The Hall–Kier alpha value is -1.15. The molecule has 0 bridgehead atoms. The third-order valence-corrected chi connectivity index (χ3v) is 2.40. The maximum atomic E-state index is 11.9. The minimum Gasteiger partial charge on any atom is -0.321 e. The SMILES string of the molecule is Cc1ccc(C(=O)[C@H](N)CC(C)C)cc1. The van der Waals surface area contributed by atoms with Crippen molar-refractivity contribution in [1.82, 2.24) is 0 Å². The molecule has 0 aliphatic carbocycles. The quantitative estimate of drug-likeness (QED) is 0.768. The van der Waals surface area contributed by atoms with Crippen LogP contribution in [0.5, 0.6) is 0 Å². The van der Waals surface area contributed by atoms with Crippen LogP contribution in [0.1, 0.15) is 36.2 Å². The number of benzene rings is 1. The van der Waals surface area contributed by atoms with E-state index in [2.05, 4.69) is 13.8 Å². The molecule has 1 atom stereocenters. The molecule has 0 amide bonds. The lowest BCUT2D eigenvalue weighted by Crippen LogP contribution is -2.31. The average Bonchev–Trinajstić information content (AvgIpc) is 2.17. The van der Waals surface area contributed by atoms with Crippen LogP contribution in [0.2, 0.25) is 0 Å². The molecule has 0 aliphatic rings. The van der Waals surface area contributed by atoms with Crippen LogP contribution in [-0.4, -0.2) is 11.8 Å². The van der Waals surface area contributed by atoms with Crippen LogP contribution in [0.4, 0.5) is 0 Å². The van der Waals surface area contributed by atoms with Gasteiger partial charge in [0.05, 0.1) is 6.04 Å². The molecule has 0 spiro atoms. The largest absolute Gasteiger partial charge is 0.321 e. The Morgan fingerprint density at radius 2 is 1.80 bits per heavy atom. The van der Waals surface area contributed by atoms with E-state index in [1.165, 1.54) is 0 Å². The Morgan fingerprint density at radius 3 is 2.27 bits per heavy atom. The first-order chi connectivity index (χ1) is 7.00. The molecule has 2 heteroatoms. The molecular formula is C13H19NO. The van der Waals surface area contributed by atoms with Crippen LogP contribution in [0.15, 0.2) is 24.3 Å². The third kappa shape index (κ3) is 3.48. The summed E-state index contributed by atoms with van der Waals surface area (Å²) in [5.41, 5.74) is 7.71. The molecule has 1 rings (SSSR count). The summed E-state index contributed by atoms with van der Waals surface area (Å²) in [7, 11) is 0. The molecule has 0 radical (unpaired) electrons. The van der Waals surface area contributed by atoms with Gasteiger partial charge in [0.1, 0.15) is 0 Å². The highest BCUT2D eigenvalue weighted by Crippen LogP contribution is 2.10. The molecule has 15 heavy (non-hydrogen) atoms. The van der Waals surface area contributed by atoms with Crippen LogP contribution >= 0.6 is 0 Å². The second-order valence-electron chi connectivity index (χ2n) is 4.47. The summed E-state index contributed by atoms with van der Waals surface area (Å²) < 4.78 is 0. The van der Waals surface area contributed by atoms with Crippen molar-refractivity contribution in [2.24, 2.45) is 11.7 Å². The number of ketones is 1. The van der Waals surface area contributed by atoms with Crippen molar-refractivity contribution >= 4 is 5.78 Å². The van der Waals surface area contributed by atoms with Gasteiger partial charge in [0.15, 0.2) is 5.78 Å². The van der Waals surface area contributed by atoms with E-state index in [0.29, 0.717) is 11.5 Å². The first kappa shape index (κ1) is 11.9. The Morgan fingerprint density at radius 1 is 1.27 bits per heavy atom. The van der Waals surface area contributed by atoms with Gasteiger partial charge in [-0.05, 0) is 19.3 Å². The summed E-state index contributed by atoms with van der Waals surface area (Å²) in [5, 5.41) is 0. The molecule has 2 nitrogen and oxygen atoms in total. The van der Waals surface area contributed by atoms with Crippen molar-refractivity contribution in [1.29, 1.82) is 0 Å². The van der Waals surface area contributed by atoms with E-state index in [0.717, 1.165) is 12.0 Å². The van der Waals surface area contributed by atoms with Crippen LogP contribution < -0.4 is 5.73 Å². The fourth-order valence-electron chi connectivity index (χ4n) is 1.55. The maximum Gasteiger partial charge on any atom is 0.179 e. The first-order valence-electron chi connectivity index (χ1n) is 5.37. The number of aryl methyl sites for hydroxylation is 1. The zero-order chi connectivity index (χ0) is 11.4. The van der Waals surface area contributed by atoms with Crippen LogP contribution in [0.25, 0.3) is 0 Å². The Bertz CT molecular complexity index is 327. The van der Waals surface area contributed by atoms with E-state index in [1.54, 1.807) is 0 Å². The van der Waals surface area contributed by atoms with Crippen molar-refractivity contribution in [3.8, 4) is 0 Å². The molecule has 0 unspecified atom stereocenters. The zero-order valence-electron chi connectivity index (χ0n) is 9.66. The molecule has 0 saturated heterocycles. The topological polar surface area (TPSA) is 43.1 Å². The summed E-state index contributed by atoms with van der Waals surface area (Å²) in [4.78, 5) is 11.9. The summed E-state index contributed by atoms with van der Waals surface area (Å²) in [6.07, 6.45) is 0.743. The van der Waals surface area contributed by atoms with E-state index in [-0.39, 0.29) is 11.8 Å². The fraction of sp³-hybridized carbons (Fsp3) is 0.462. The first-order valence-corrected chi connectivity index (χ1v) is 5.37. The standard InChI is InChI=1S/C13H19NO/c1-9(2)8-12(14)13(15)11-6-4-10(3)5-7-11/h4-7,9,12H,8,14H2,1-3H3/t12-/m1/s1. The van der Waals surface area contributed by atoms with E-state index < -0.39 is 0 Å². The van der Waals surface area contributed by atoms with Gasteiger partial charge in [-0.1, -0.05) is 43.7 Å². The molecule has 2 N–H and O–H groups in total. The molecule has 0 heterocycles. The van der Waals surface area contributed by atoms with E-state index in [4.69, 9.17) is 5.73 Å². The lowest BCUT2D eigenvalue weighted by Gasteiger charge is -2.12. The van der Waals surface area contributed by atoms with Gasteiger partial charge in [-0.3, -0.25) is 4.79 Å². The molecular weight excluding hydrogens is 186 g/mol. The molecule has 0 aliphatic heterocycles. The number of carbonyl (C=O) groups is 1. The van der Waals surface area contributed by atoms with Crippen LogP contribution in [-0.2, 0) is 0 Å². The zero-order valence-corrected chi connectivity index (χ0v) is 9.66. The molecule has 82 valence electrons. The second-order valence-corrected chi connectivity index (χ2v) is 4.47. The van der Waals surface area contributed by atoms with E-state index in [1.807, 2.05) is 31.2 Å². The minimum absolute atomic E-state index is 0.0451. The Labute approximate surface area is 91.5 Å². The minimum atomic E-state index is -0.368. The van der Waals surface area contributed by atoms with Gasteiger partial charge in [-0.25, -0.2) is 0 Å². The second kappa shape index (κ2) is 5.08. The van der Waals surface area contributed by atoms with Crippen molar-refractivity contribution in [2.45, 2.75) is 33.2 Å². The summed E-state index contributed by atoms with van der Waals surface area (Å²) >= 11 is 0. The molecule has 0 aromatic heterocycles. The van der Waals surface area contributed by atoms with Crippen molar-refractivity contribution < 1.29 is 4.79 Å². The van der Waals surface area contributed by atoms with Crippen LogP contribution in [0.3, 0.4) is 0 Å². The van der Waals surface area contributed by atoms with Gasteiger partial charge in [-0.2, -0.15) is 0 Å². The number of rotatable bonds is 4. The van der Waals surface area contributed by atoms with Gasteiger partial charge in [0.2, 0.25) is 0 Å². The summed E-state index contributed by atoms with van der Waals surface area (Å²) in [6, 6.07) is 7.20. The number of Topliss-reactive ketones (excluding diaryl/α,β-unsaturated/α-hetero) is 1. The number of nitrogens with two attached hydrogens (primary N) is 1. The maximum absolute atomic E-state index is 11.9. The Kier molecular flexibility index (Phi) is 4.04. The van der Waals surface area contributed by atoms with Crippen molar-refractivity contribution in [3.63, 3.8) is 0 Å². The highest BCUT2D eigenvalue weighted by molar-refractivity contribution is 5.99. The highest BCUT2D eigenvalue weighted by Gasteiger charge is 2.16. The van der Waals surface area contributed by atoms with E-state index in [9.17, 15) is 4.79 Å². The van der Waals surface area contributed by atoms with Gasteiger partial charge < -0.3 is 5.73 Å². The van der Waals surface area contributed by atoms with Gasteiger partial charge in [0.25, 0.3) is 0 Å². The lowest BCUT2D eigenvalue weighted by molar-refractivity contribution is 0.0951. The Balaban J connectivity index is 2.72.